The average Bonchev–Trinajstić information content (AvgIpc) is 2.33. The lowest BCUT2D eigenvalue weighted by molar-refractivity contribution is -0.376. The molecule has 1 atom stereocenters. The standard InChI is InChI=1S/C14H16BrF3O3/c1-13(2,3)21-20-11(8-12(19)14(16,17)18)9-4-6-10(15)7-5-9/h4-7,11H,8H2,1-3H3/t11-/m0/s1. The Morgan fingerprint density at radius 2 is 1.71 bits per heavy atom. The number of hydrogen-bond acceptors (Lipinski definition) is 3. The third-order valence-electron chi connectivity index (χ3n) is 2.34. The minimum Gasteiger partial charge on any atom is -0.289 e. The van der Waals surface area contributed by atoms with Crippen LogP contribution in [0, 0.1) is 0 Å². The van der Waals surface area contributed by atoms with Crippen molar-refractivity contribution >= 4 is 21.7 Å². The van der Waals surface area contributed by atoms with Gasteiger partial charge in [-0.25, -0.2) is 9.78 Å². The number of carbonyl (C=O) groups is 1. The molecular weight excluding hydrogens is 353 g/mol. The van der Waals surface area contributed by atoms with Gasteiger partial charge in [-0.3, -0.25) is 4.79 Å². The van der Waals surface area contributed by atoms with E-state index in [0.29, 0.717) is 5.56 Å². The monoisotopic (exact) mass is 368 g/mol. The summed E-state index contributed by atoms with van der Waals surface area (Å²) in [5.41, 5.74) is -0.269. The largest absolute Gasteiger partial charge is 0.450 e. The van der Waals surface area contributed by atoms with Gasteiger partial charge in [0.1, 0.15) is 6.10 Å². The molecule has 118 valence electrons. The first-order valence-corrected chi connectivity index (χ1v) is 6.98. The second-order valence-corrected chi connectivity index (χ2v) is 6.37. The van der Waals surface area contributed by atoms with Crippen LogP contribution in [0.25, 0.3) is 0 Å². The molecule has 0 radical (unpaired) electrons. The van der Waals surface area contributed by atoms with E-state index in [1.54, 1.807) is 45.0 Å². The van der Waals surface area contributed by atoms with Gasteiger partial charge in [-0.2, -0.15) is 13.2 Å². The number of benzene rings is 1. The van der Waals surface area contributed by atoms with Gasteiger partial charge in [0.25, 0.3) is 0 Å². The zero-order valence-corrected chi connectivity index (χ0v) is 13.4. The third kappa shape index (κ3) is 6.58. The normalized spacial score (nSPS) is 14.0. The molecule has 0 saturated heterocycles. The number of ketones is 1. The molecule has 1 aromatic rings. The molecule has 0 aromatic heterocycles. The van der Waals surface area contributed by atoms with Crippen LogP contribution < -0.4 is 0 Å². The van der Waals surface area contributed by atoms with E-state index in [1.807, 2.05) is 0 Å². The van der Waals surface area contributed by atoms with Crippen molar-refractivity contribution in [1.82, 2.24) is 0 Å². The second kappa shape index (κ2) is 6.89. The first-order valence-electron chi connectivity index (χ1n) is 6.19. The van der Waals surface area contributed by atoms with Crippen molar-refractivity contribution in [2.45, 2.75) is 45.1 Å². The maximum absolute atomic E-state index is 12.4. The minimum absolute atomic E-state index is 0.431. The molecular formula is C14H16BrF3O3. The molecule has 0 saturated carbocycles. The Morgan fingerprint density at radius 1 is 1.19 bits per heavy atom. The summed E-state index contributed by atoms with van der Waals surface area (Å²) >= 11 is 3.23. The van der Waals surface area contributed by atoms with Crippen molar-refractivity contribution in [2.75, 3.05) is 0 Å². The average molecular weight is 369 g/mol. The van der Waals surface area contributed by atoms with Crippen molar-refractivity contribution in [3.63, 3.8) is 0 Å². The van der Waals surface area contributed by atoms with Crippen LogP contribution in [0.4, 0.5) is 13.2 Å². The molecule has 3 nitrogen and oxygen atoms in total. The SMILES string of the molecule is CC(C)(C)OO[C@@H](CC(=O)C(F)(F)F)c1ccc(Br)cc1. The summed E-state index contributed by atoms with van der Waals surface area (Å²) in [6.45, 7) is 5.08. The van der Waals surface area contributed by atoms with Crippen LogP contribution in [0.15, 0.2) is 28.7 Å². The van der Waals surface area contributed by atoms with Gasteiger partial charge in [-0.1, -0.05) is 28.1 Å². The van der Waals surface area contributed by atoms with Crippen LogP contribution in [0.2, 0.25) is 0 Å². The van der Waals surface area contributed by atoms with Crippen molar-refractivity contribution in [1.29, 1.82) is 0 Å². The summed E-state index contributed by atoms with van der Waals surface area (Å²) in [4.78, 5) is 21.3. The lowest BCUT2D eigenvalue weighted by Crippen LogP contribution is -2.27. The maximum Gasteiger partial charge on any atom is 0.450 e. The molecule has 0 heterocycles. The summed E-state index contributed by atoms with van der Waals surface area (Å²) < 4.78 is 38.0. The van der Waals surface area contributed by atoms with Crippen LogP contribution in [0.5, 0.6) is 0 Å². The summed E-state index contributed by atoms with van der Waals surface area (Å²) in [6, 6.07) is 6.45. The fourth-order valence-corrected chi connectivity index (χ4v) is 1.64. The number of hydrogen-bond donors (Lipinski definition) is 0. The lowest BCUT2D eigenvalue weighted by atomic mass is 10.0. The molecule has 7 heteroatoms. The van der Waals surface area contributed by atoms with Gasteiger partial charge in [0.2, 0.25) is 5.78 Å². The summed E-state index contributed by atoms with van der Waals surface area (Å²) in [7, 11) is 0. The quantitative estimate of drug-likeness (QED) is 0.555. The summed E-state index contributed by atoms with van der Waals surface area (Å²) in [5.74, 6) is -1.85. The molecule has 0 aliphatic carbocycles. The second-order valence-electron chi connectivity index (χ2n) is 5.46. The third-order valence-corrected chi connectivity index (χ3v) is 2.87. The molecule has 0 bridgehead atoms. The van der Waals surface area contributed by atoms with Gasteiger partial charge in [-0.05, 0) is 38.5 Å². The number of rotatable bonds is 5. The highest BCUT2D eigenvalue weighted by atomic mass is 79.9. The first-order chi connectivity index (χ1) is 9.49. The molecule has 0 spiro atoms. The highest BCUT2D eigenvalue weighted by molar-refractivity contribution is 9.10. The van der Waals surface area contributed by atoms with E-state index in [0.717, 1.165) is 4.47 Å². The van der Waals surface area contributed by atoms with E-state index < -0.39 is 30.1 Å². The topological polar surface area (TPSA) is 35.5 Å². The Labute approximate surface area is 129 Å². The van der Waals surface area contributed by atoms with E-state index in [4.69, 9.17) is 9.78 Å². The Kier molecular flexibility index (Phi) is 5.95. The zero-order valence-electron chi connectivity index (χ0n) is 11.8. The Balaban J connectivity index is 2.89. The number of Topliss-reactive ketones (excluding diaryl/α,β-unsaturated/α-hetero) is 1. The number of halogens is 4. The van der Waals surface area contributed by atoms with Crippen LogP contribution >= 0.6 is 15.9 Å². The molecule has 21 heavy (non-hydrogen) atoms. The lowest BCUT2D eigenvalue weighted by Gasteiger charge is -2.23. The molecule has 0 N–H and O–H groups in total. The van der Waals surface area contributed by atoms with Gasteiger partial charge in [-0.15, -0.1) is 0 Å². The molecule has 0 fully saturated rings. The van der Waals surface area contributed by atoms with E-state index in [2.05, 4.69) is 15.9 Å². The van der Waals surface area contributed by atoms with Gasteiger partial charge >= 0.3 is 6.18 Å². The van der Waals surface area contributed by atoms with Crippen molar-refractivity contribution in [3.05, 3.63) is 34.3 Å². The smallest absolute Gasteiger partial charge is 0.289 e. The highest BCUT2D eigenvalue weighted by Gasteiger charge is 2.40. The fraction of sp³-hybridized carbons (Fsp3) is 0.500. The molecule has 1 rings (SSSR count). The Morgan fingerprint density at radius 3 is 2.14 bits per heavy atom. The maximum atomic E-state index is 12.4. The molecule has 0 unspecified atom stereocenters. The van der Waals surface area contributed by atoms with Crippen molar-refractivity contribution in [2.24, 2.45) is 0 Å². The van der Waals surface area contributed by atoms with Gasteiger partial charge in [0.15, 0.2) is 0 Å². The highest BCUT2D eigenvalue weighted by Crippen LogP contribution is 2.29. The minimum atomic E-state index is -4.89. The van der Waals surface area contributed by atoms with E-state index in [-0.39, 0.29) is 0 Å². The van der Waals surface area contributed by atoms with Crippen LogP contribution in [-0.4, -0.2) is 17.6 Å². The predicted octanol–water partition coefficient (Wildman–Crippen LogP) is 4.76. The van der Waals surface area contributed by atoms with E-state index in [1.165, 1.54) is 0 Å². The number of alkyl halides is 3. The number of carbonyl (C=O) groups excluding carboxylic acids is 1. The molecule has 0 amide bonds. The Bertz CT molecular complexity index is 478. The predicted molar refractivity (Wildman–Crippen MR) is 74.5 cm³/mol. The van der Waals surface area contributed by atoms with Gasteiger partial charge in [0, 0.05) is 10.9 Å². The van der Waals surface area contributed by atoms with E-state index >= 15 is 0 Å². The van der Waals surface area contributed by atoms with Crippen LogP contribution in [0.3, 0.4) is 0 Å². The summed E-state index contributed by atoms with van der Waals surface area (Å²) in [6.07, 6.45) is -6.84. The first kappa shape index (κ1) is 18.1. The van der Waals surface area contributed by atoms with Crippen molar-refractivity contribution in [3.8, 4) is 0 Å². The molecule has 0 aliphatic rings. The molecule has 1 aromatic carbocycles. The van der Waals surface area contributed by atoms with Crippen LogP contribution in [-0.2, 0) is 14.6 Å². The zero-order chi connectivity index (χ0) is 16.3. The van der Waals surface area contributed by atoms with Crippen LogP contribution in [0.1, 0.15) is 38.9 Å². The van der Waals surface area contributed by atoms with Gasteiger partial charge in [0.05, 0.1) is 5.60 Å². The fourth-order valence-electron chi connectivity index (χ4n) is 1.37. The Hall–Kier alpha value is -0.920. The summed E-state index contributed by atoms with van der Waals surface area (Å²) in [5, 5.41) is 0. The van der Waals surface area contributed by atoms with Gasteiger partial charge < -0.3 is 0 Å². The van der Waals surface area contributed by atoms with E-state index in [9.17, 15) is 18.0 Å². The van der Waals surface area contributed by atoms with Crippen molar-refractivity contribution < 1.29 is 27.7 Å². The molecule has 0 aliphatic heterocycles.